The van der Waals surface area contributed by atoms with Crippen LogP contribution in [0.25, 0.3) is 0 Å². The minimum Gasteiger partial charge on any atom is -0.497 e. The number of carboxylic acid groups (broad SMARTS) is 1. The smallest absolute Gasteiger partial charge is 0.337 e. The number of ether oxygens (including phenoxy) is 1. The highest BCUT2D eigenvalue weighted by atomic mass is 32.2. The molecule has 2 amide bonds. The first kappa shape index (κ1) is 14.5. The Bertz CT molecular complexity index is 515. The van der Waals surface area contributed by atoms with Gasteiger partial charge >= 0.3 is 12.0 Å². The average molecular weight is 296 g/mol. The maximum atomic E-state index is 11.8. The third-order valence-corrected chi connectivity index (χ3v) is 4.13. The van der Waals surface area contributed by atoms with E-state index in [0.29, 0.717) is 5.75 Å². The van der Waals surface area contributed by atoms with Crippen molar-refractivity contribution < 1.29 is 19.4 Å². The molecule has 1 saturated heterocycles. The van der Waals surface area contributed by atoms with Crippen LogP contribution < -0.4 is 15.4 Å². The number of methoxy groups -OCH3 is 1. The molecule has 2 rings (SSSR count). The molecule has 3 N–H and O–H groups in total. The van der Waals surface area contributed by atoms with Crippen molar-refractivity contribution in [2.24, 2.45) is 0 Å². The minimum atomic E-state index is -1.12. The number of thioether (sulfide) groups is 1. The molecule has 1 aromatic carbocycles. The molecule has 0 saturated carbocycles. The second-order valence-electron chi connectivity index (χ2n) is 4.38. The molecule has 1 heterocycles. The van der Waals surface area contributed by atoms with E-state index in [2.05, 4.69) is 10.6 Å². The molecule has 108 valence electrons. The van der Waals surface area contributed by atoms with Crippen LogP contribution in [0.4, 0.5) is 10.5 Å². The molecular weight excluding hydrogens is 280 g/mol. The highest BCUT2D eigenvalue weighted by Crippen LogP contribution is 2.22. The molecule has 1 aromatic rings. The number of anilines is 1. The first-order valence-corrected chi connectivity index (χ1v) is 7.32. The fourth-order valence-electron chi connectivity index (χ4n) is 1.93. The SMILES string of the molecule is COc1ccc(NC(=O)NC2CCSC2)c(C(=O)O)c1. The van der Waals surface area contributed by atoms with Gasteiger partial charge in [-0.15, -0.1) is 0 Å². The molecular formula is C13H16N2O4S. The molecule has 20 heavy (non-hydrogen) atoms. The zero-order valence-corrected chi connectivity index (χ0v) is 11.8. The molecule has 0 aromatic heterocycles. The maximum absolute atomic E-state index is 11.8. The maximum Gasteiger partial charge on any atom is 0.337 e. The van der Waals surface area contributed by atoms with E-state index in [1.807, 2.05) is 0 Å². The summed E-state index contributed by atoms with van der Waals surface area (Å²) in [4.78, 5) is 23.0. The van der Waals surface area contributed by atoms with Crippen LogP contribution in [0.1, 0.15) is 16.8 Å². The summed E-state index contributed by atoms with van der Waals surface area (Å²) in [6, 6.07) is 4.26. The van der Waals surface area contributed by atoms with Gasteiger partial charge in [0.25, 0.3) is 0 Å². The van der Waals surface area contributed by atoms with E-state index in [1.54, 1.807) is 17.8 Å². The summed E-state index contributed by atoms with van der Waals surface area (Å²) in [5.74, 6) is 1.24. The summed E-state index contributed by atoms with van der Waals surface area (Å²) in [6.45, 7) is 0. The second kappa shape index (κ2) is 6.51. The van der Waals surface area contributed by atoms with Gasteiger partial charge in [0.1, 0.15) is 5.75 Å². The largest absolute Gasteiger partial charge is 0.497 e. The van der Waals surface area contributed by atoms with Crippen LogP contribution in [0.15, 0.2) is 18.2 Å². The second-order valence-corrected chi connectivity index (χ2v) is 5.53. The van der Waals surface area contributed by atoms with E-state index in [9.17, 15) is 9.59 Å². The summed E-state index contributed by atoms with van der Waals surface area (Å²) in [7, 11) is 1.46. The van der Waals surface area contributed by atoms with Crippen molar-refractivity contribution >= 4 is 29.4 Å². The van der Waals surface area contributed by atoms with Gasteiger partial charge in [0.2, 0.25) is 0 Å². The predicted molar refractivity (Wildman–Crippen MR) is 77.8 cm³/mol. The van der Waals surface area contributed by atoms with Gasteiger partial charge in [0, 0.05) is 11.8 Å². The highest BCUT2D eigenvalue weighted by molar-refractivity contribution is 7.99. The van der Waals surface area contributed by atoms with Gasteiger partial charge in [0.15, 0.2) is 0 Å². The molecule has 0 spiro atoms. The number of aromatic carboxylic acids is 1. The van der Waals surface area contributed by atoms with Crippen molar-refractivity contribution in [3.63, 3.8) is 0 Å². The molecule has 0 aliphatic carbocycles. The van der Waals surface area contributed by atoms with E-state index in [0.717, 1.165) is 17.9 Å². The molecule has 0 bridgehead atoms. The third kappa shape index (κ3) is 3.57. The Morgan fingerprint density at radius 1 is 1.45 bits per heavy atom. The van der Waals surface area contributed by atoms with Crippen LogP contribution in [-0.4, -0.2) is 41.8 Å². The van der Waals surface area contributed by atoms with Gasteiger partial charge < -0.3 is 20.5 Å². The van der Waals surface area contributed by atoms with Gasteiger partial charge in [0.05, 0.1) is 18.4 Å². The topological polar surface area (TPSA) is 87.7 Å². The number of benzene rings is 1. The number of carbonyl (C=O) groups excluding carboxylic acids is 1. The number of hydrogen-bond donors (Lipinski definition) is 3. The number of hydrogen-bond acceptors (Lipinski definition) is 4. The Balaban J connectivity index is 2.07. The van der Waals surface area contributed by atoms with Crippen LogP contribution in [0.2, 0.25) is 0 Å². The average Bonchev–Trinajstić information content (AvgIpc) is 2.91. The fraction of sp³-hybridized carbons (Fsp3) is 0.385. The van der Waals surface area contributed by atoms with Crippen molar-refractivity contribution in [3.8, 4) is 5.75 Å². The van der Waals surface area contributed by atoms with Crippen LogP contribution in [0, 0.1) is 0 Å². The summed E-state index contributed by atoms with van der Waals surface area (Å²) in [6.07, 6.45) is 0.937. The Kier molecular flexibility index (Phi) is 4.73. The van der Waals surface area contributed by atoms with E-state index in [1.165, 1.54) is 19.2 Å². The molecule has 0 radical (unpaired) electrons. The van der Waals surface area contributed by atoms with Crippen LogP contribution in [0.3, 0.4) is 0 Å². The van der Waals surface area contributed by atoms with E-state index >= 15 is 0 Å². The summed E-state index contributed by atoms with van der Waals surface area (Å²) in [5.41, 5.74) is 0.252. The first-order chi connectivity index (χ1) is 9.60. The summed E-state index contributed by atoms with van der Waals surface area (Å²) < 4.78 is 4.98. The van der Waals surface area contributed by atoms with Crippen molar-refractivity contribution in [2.75, 3.05) is 23.9 Å². The van der Waals surface area contributed by atoms with Gasteiger partial charge in [-0.25, -0.2) is 9.59 Å². The molecule has 1 aliphatic heterocycles. The molecule has 1 fully saturated rings. The zero-order valence-electron chi connectivity index (χ0n) is 11.0. The number of carboxylic acids is 1. The van der Waals surface area contributed by atoms with Crippen molar-refractivity contribution in [1.29, 1.82) is 0 Å². The standard InChI is InChI=1S/C13H16N2O4S/c1-19-9-2-3-11(10(6-9)12(16)17)15-13(18)14-8-4-5-20-7-8/h2-3,6,8H,4-5,7H2,1H3,(H,16,17)(H2,14,15,18). The van der Waals surface area contributed by atoms with Crippen molar-refractivity contribution in [2.45, 2.75) is 12.5 Å². The molecule has 1 aliphatic rings. The first-order valence-electron chi connectivity index (χ1n) is 6.16. The Labute approximate surface area is 120 Å². The van der Waals surface area contributed by atoms with Crippen LogP contribution >= 0.6 is 11.8 Å². The lowest BCUT2D eigenvalue weighted by Gasteiger charge is -2.14. The number of amides is 2. The number of rotatable bonds is 4. The minimum absolute atomic E-state index is 0.000275. The summed E-state index contributed by atoms with van der Waals surface area (Å²) in [5, 5.41) is 14.6. The van der Waals surface area contributed by atoms with Crippen LogP contribution in [0.5, 0.6) is 5.75 Å². The molecule has 1 atom stereocenters. The number of urea groups is 1. The summed E-state index contributed by atoms with van der Waals surface area (Å²) >= 11 is 1.79. The van der Waals surface area contributed by atoms with Gasteiger partial charge in [-0.05, 0) is 30.4 Å². The number of carbonyl (C=O) groups is 2. The monoisotopic (exact) mass is 296 g/mol. The lowest BCUT2D eigenvalue weighted by molar-refractivity contribution is 0.0697. The molecule has 6 nitrogen and oxygen atoms in total. The zero-order chi connectivity index (χ0) is 14.5. The van der Waals surface area contributed by atoms with Crippen molar-refractivity contribution in [1.82, 2.24) is 5.32 Å². The normalized spacial score (nSPS) is 17.6. The van der Waals surface area contributed by atoms with Crippen molar-refractivity contribution in [3.05, 3.63) is 23.8 Å². The lowest BCUT2D eigenvalue weighted by atomic mass is 10.1. The highest BCUT2D eigenvalue weighted by Gasteiger charge is 2.19. The number of nitrogens with one attached hydrogen (secondary N) is 2. The van der Waals surface area contributed by atoms with E-state index in [-0.39, 0.29) is 23.3 Å². The third-order valence-electron chi connectivity index (χ3n) is 2.97. The van der Waals surface area contributed by atoms with Gasteiger partial charge in [-0.1, -0.05) is 0 Å². The quantitative estimate of drug-likeness (QED) is 0.791. The van der Waals surface area contributed by atoms with Crippen LogP contribution in [-0.2, 0) is 0 Å². The van der Waals surface area contributed by atoms with Gasteiger partial charge in [-0.3, -0.25) is 0 Å². The predicted octanol–water partition coefficient (Wildman–Crippen LogP) is 2.02. The van der Waals surface area contributed by atoms with Gasteiger partial charge in [-0.2, -0.15) is 11.8 Å². The Morgan fingerprint density at radius 3 is 2.85 bits per heavy atom. The van der Waals surface area contributed by atoms with E-state index in [4.69, 9.17) is 9.84 Å². The molecule has 1 unspecified atom stereocenters. The Hall–Kier alpha value is -1.89. The molecule has 7 heteroatoms. The lowest BCUT2D eigenvalue weighted by Crippen LogP contribution is -2.38. The Morgan fingerprint density at radius 2 is 2.25 bits per heavy atom. The fourth-order valence-corrected chi connectivity index (χ4v) is 3.08. The van der Waals surface area contributed by atoms with E-state index < -0.39 is 5.97 Å².